The summed E-state index contributed by atoms with van der Waals surface area (Å²) in [6.07, 6.45) is 0.837. The van der Waals surface area contributed by atoms with Crippen LogP contribution in [0.1, 0.15) is 6.42 Å². The molecular weight excluding hydrogens is 300 g/mol. The largest absolute Gasteiger partial charge is 0.382 e. The van der Waals surface area contributed by atoms with E-state index in [0.717, 1.165) is 6.42 Å². The maximum absolute atomic E-state index is 6.11. The number of rotatable bonds is 14. The number of hydrogen-bond acceptors (Lipinski definition) is 6. The Morgan fingerprint density at radius 1 is 0.762 bits per heavy atom. The lowest BCUT2D eigenvalue weighted by atomic mass is 9.91. The average molecular weight is 327 g/mol. The summed E-state index contributed by atoms with van der Waals surface area (Å²) in [5.74, 6) is 0. The molecule has 0 heterocycles. The van der Waals surface area contributed by atoms with Crippen molar-refractivity contribution in [3.63, 3.8) is 0 Å². The van der Waals surface area contributed by atoms with Crippen LogP contribution < -0.4 is 0 Å². The van der Waals surface area contributed by atoms with Crippen LogP contribution in [0.5, 0.6) is 0 Å². The monoisotopic (exact) mass is 326 g/mol. The van der Waals surface area contributed by atoms with E-state index in [1.54, 1.807) is 14.2 Å². The van der Waals surface area contributed by atoms with E-state index in [9.17, 15) is 0 Å². The molecule has 6 nitrogen and oxygen atoms in total. The first-order valence-corrected chi connectivity index (χ1v) is 7.74. The van der Waals surface area contributed by atoms with Crippen molar-refractivity contribution in [2.24, 2.45) is 0 Å². The molecule has 0 N–H and O–H groups in total. The van der Waals surface area contributed by atoms with Gasteiger partial charge in [0.1, 0.15) is 6.10 Å². The Bertz CT molecular complexity index is 244. The van der Waals surface area contributed by atoms with E-state index in [1.807, 2.05) is 0 Å². The predicted molar refractivity (Wildman–Crippen MR) is 79.1 cm³/mol. The lowest BCUT2D eigenvalue weighted by molar-refractivity contribution is -0.137. The Morgan fingerprint density at radius 3 is 1.90 bits per heavy atom. The number of ether oxygens (including phenoxy) is 6. The maximum atomic E-state index is 6.11. The molecular formula is C14H27ClO6. The van der Waals surface area contributed by atoms with E-state index >= 15 is 0 Å². The fraction of sp³-hybridized carbons (Fsp3) is 1.00. The van der Waals surface area contributed by atoms with E-state index in [1.165, 1.54) is 0 Å². The van der Waals surface area contributed by atoms with E-state index in [-0.39, 0.29) is 17.6 Å². The van der Waals surface area contributed by atoms with Gasteiger partial charge < -0.3 is 28.4 Å². The van der Waals surface area contributed by atoms with E-state index in [0.29, 0.717) is 52.9 Å². The fourth-order valence-electron chi connectivity index (χ4n) is 1.89. The normalized spacial score (nSPS) is 25.0. The Balaban J connectivity index is 1.90. The SMILES string of the molecule is COCCOCCOCCOC1CC(Cl)C1OCCOC. The van der Waals surface area contributed by atoms with Crippen molar-refractivity contribution in [3.8, 4) is 0 Å². The van der Waals surface area contributed by atoms with E-state index in [2.05, 4.69) is 0 Å². The van der Waals surface area contributed by atoms with Crippen LogP contribution in [0.25, 0.3) is 0 Å². The highest BCUT2D eigenvalue weighted by Gasteiger charge is 2.41. The Kier molecular flexibility index (Phi) is 11.4. The standard InChI is InChI=1S/C14H27ClO6/c1-16-3-5-18-6-7-19-8-10-20-13-11-12(15)14(13)21-9-4-17-2/h12-14H,3-11H2,1-2H3. The molecule has 0 amide bonds. The molecule has 1 rings (SSSR count). The zero-order valence-corrected chi connectivity index (χ0v) is 13.7. The summed E-state index contributed by atoms with van der Waals surface area (Å²) >= 11 is 6.11. The summed E-state index contributed by atoms with van der Waals surface area (Å²) in [6.45, 7) is 4.52. The second-order valence-corrected chi connectivity index (χ2v) is 5.27. The van der Waals surface area contributed by atoms with Gasteiger partial charge in [-0.25, -0.2) is 0 Å². The highest BCUT2D eigenvalue weighted by atomic mass is 35.5. The zero-order valence-electron chi connectivity index (χ0n) is 12.9. The quantitative estimate of drug-likeness (QED) is 0.352. The van der Waals surface area contributed by atoms with Crippen LogP contribution >= 0.6 is 11.6 Å². The maximum Gasteiger partial charge on any atom is 0.100 e. The molecule has 0 aromatic heterocycles. The summed E-state index contributed by atoms with van der Waals surface area (Å²) < 4.78 is 31.8. The molecule has 3 unspecified atom stereocenters. The molecule has 3 atom stereocenters. The Morgan fingerprint density at radius 2 is 1.29 bits per heavy atom. The van der Waals surface area contributed by atoms with Crippen molar-refractivity contribution >= 4 is 11.6 Å². The van der Waals surface area contributed by atoms with Gasteiger partial charge in [0.25, 0.3) is 0 Å². The van der Waals surface area contributed by atoms with Crippen LogP contribution in [0.2, 0.25) is 0 Å². The van der Waals surface area contributed by atoms with Crippen molar-refractivity contribution in [3.05, 3.63) is 0 Å². The first kappa shape index (κ1) is 19.1. The fourth-order valence-corrected chi connectivity index (χ4v) is 2.30. The number of alkyl halides is 1. The third-order valence-corrected chi connectivity index (χ3v) is 3.57. The molecule has 1 saturated carbocycles. The topological polar surface area (TPSA) is 55.4 Å². The van der Waals surface area contributed by atoms with Gasteiger partial charge in [-0.15, -0.1) is 11.6 Å². The van der Waals surface area contributed by atoms with Gasteiger partial charge in [-0.2, -0.15) is 0 Å². The average Bonchev–Trinajstić information content (AvgIpc) is 2.48. The predicted octanol–water partition coefficient (Wildman–Crippen LogP) is 1.09. The third-order valence-electron chi connectivity index (χ3n) is 3.14. The molecule has 0 radical (unpaired) electrons. The molecule has 7 heteroatoms. The lowest BCUT2D eigenvalue weighted by Gasteiger charge is -2.40. The summed E-state index contributed by atoms with van der Waals surface area (Å²) in [4.78, 5) is 0. The highest BCUT2D eigenvalue weighted by Crippen LogP contribution is 2.31. The highest BCUT2D eigenvalue weighted by molar-refractivity contribution is 6.21. The minimum Gasteiger partial charge on any atom is -0.382 e. The Hall–Kier alpha value is 0.0500. The molecule has 0 bridgehead atoms. The van der Waals surface area contributed by atoms with Gasteiger partial charge in [-0.3, -0.25) is 0 Å². The number of halogens is 1. The summed E-state index contributed by atoms with van der Waals surface area (Å²) in [5, 5.41) is 0.0296. The molecule has 0 aromatic carbocycles. The van der Waals surface area contributed by atoms with Crippen LogP contribution in [-0.4, -0.2) is 84.7 Å². The second kappa shape index (κ2) is 12.6. The van der Waals surface area contributed by atoms with Gasteiger partial charge in [0, 0.05) is 14.2 Å². The third kappa shape index (κ3) is 8.30. The van der Waals surface area contributed by atoms with Crippen molar-refractivity contribution in [2.75, 3.05) is 67.1 Å². The second-order valence-electron chi connectivity index (χ2n) is 4.71. The summed E-state index contributed by atoms with van der Waals surface area (Å²) in [6, 6.07) is 0. The van der Waals surface area contributed by atoms with Crippen LogP contribution in [0.15, 0.2) is 0 Å². The molecule has 1 aliphatic carbocycles. The molecule has 0 spiro atoms. The van der Waals surface area contributed by atoms with Gasteiger partial charge in [-0.1, -0.05) is 0 Å². The summed E-state index contributed by atoms with van der Waals surface area (Å²) in [7, 11) is 3.29. The molecule has 0 aromatic rings. The van der Waals surface area contributed by atoms with Gasteiger partial charge in [-0.05, 0) is 6.42 Å². The molecule has 21 heavy (non-hydrogen) atoms. The molecule has 126 valence electrons. The smallest absolute Gasteiger partial charge is 0.100 e. The van der Waals surface area contributed by atoms with Gasteiger partial charge in [0.05, 0.1) is 64.3 Å². The molecule has 0 aliphatic heterocycles. The first-order chi connectivity index (χ1) is 10.3. The summed E-state index contributed by atoms with van der Waals surface area (Å²) in [5.41, 5.74) is 0. The van der Waals surface area contributed by atoms with Crippen LogP contribution in [0.3, 0.4) is 0 Å². The number of hydrogen-bond donors (Lipinski definition) is 0. The van der Waals surface area contributed by atoms with Crippen molar-refractivity contribution < 1.29 is 28.4 Å². The van der Waals surface area contributed by atoms with E-state index < -0.39 is 0 Å². The first-order valence-electron chi connectivity index (χ1n) is 7.30. The van der Waals surface area contributed by atoms with Gasteiger partial charge >= 0.3 is 0 Å². The van der Waals surface area contributed by atoms with Crippen LogP contribution in [-0.2, 0) is 28.4 Å². The van der Waals surface area contributed by atoms with Crippen molar-refractivity contribution in [1.82, 2.24) is 0 Å². The van der Waals surface area contributed by atoms with E-state index in [4.69, 9.17) is 40.0 Å². The molecule has 1 aliphatic rings. The van der Waals surface area contributed by atoms with Gasteiger partial charge in [0.2, 0.25) is 0 Å². The number of methoxy groups -OCH3 is 2. The minimum atomic E-state index is -0.0424. The van der Waals surface area contributed by atoms with Crippen molar-refractivity contribution in [1.29, 1.82) is 0 Å². The van der Waals surface area contributed by atoms with Crippen LogP contribution in [0.4, 0.5) is 0 Å². The Labute approximate surface area is 131 Å². The molecule has 0 saturated heterocycles. The van der Waals surface area contributed by atoms with Gasteiger partial charge in [0.15, 0.2) is 0 Å². The molecule has 1 fully saturated rings. The zero-order chi connectivity index (χ0) is 15.3. The minimum absolute atomic E-state index is 0.0296. The lowest BCUT2D eigenvalue weighted by Crippen LogP contribution is -2.51. The van der Waals surface area contributed by atoms with Crippen LogP contribution in [0, 0.1) is 0 Å². The van der Waals surface area contributed by atoms with Crippen molar-refractivity contribution in [2.45, 2.75) is 24.0 Å².